The van der Waals surface area contributed by atoms with Crippen LogP contribution < -0.4 is 21.3 Å². The van der Waals surface area contributed by atoms with Crippen LogP contribution in [0.1, 0.15) is 35.5 Å². The Morgan fingerprint density at radius 1 is 0.821 bits per heavy atom. The number of nitrogens with one attached hydrogen (secondary N) is 4. The van der Waals surface area contributed by atoms with Gasteiger partial charge in [0.25, 0.3) is 11.8 Å². The molecule has 3 aromatic rings. The second-order valence-corrected chi connectivity index (χ2v) is 8.79. The van der Waals surface area contributed by atoms with Crippen LogP contribution in [0.5, 0.6) is 0 Å². The average Bonchev–Trinajstić information content (AvgIpc) is 3.44. The van der Waals surface area contributed by atoms with Crippen LogP contribution in [0.3, 0.4) is 0 Å². The molecule has 2 atom stereocenters. The Kier molecular flexibility index (Phi) is 10.5. The molecule has 11 heteroatoms. The molecule has 0 spiro atoms. The molecule has 4 N–H and O–H groups in total. The molecular formula is C28H32N6O5. The normalized spacial score (nSPS) is 12.1. The zero-order valence-electron chi connectivity index (χ0n) is 21.8. The van der Waals surface area contributed by atoms with Gasteiger partial charge >= 0.3 is 0 Å². The van der Waals surface area contributed by atoms with Crippen molar-refractivity contribution in [3.63, 3.8) is 0 Å². The highest BCUT2D eigenvalue weighted by molar-refractivity contribution is 6.37. The number of hydrogen-bond donors (Lipinski definition) is 4. The number of aryl methyl sites for hydroxylation is 1. The van der Waals surface area contributed by atoms with Gasteiger partial charge in [-0.2, -0.15) is 5.10 Å². The molecular weight excluding hydrogens is 500 g/mol. The van der Waals surface area contributed by atoms with Crippen LogP contribution in [0.25, 0.3) is 0 Å². The largest absolute Gasteiger partial charge is 0.347 e. The number of carbonyl (C=O) groups excluding carboxylic acids is 5. The van der Waals surface area contributed by atoms with Crippen molar-refractivity contribution in [3.05, 3.63) is 89.7 Å². The van der Waals surface area contributed by atoms with Crippen molar-refractivity contribution >= 4 is 29.4 Å². The molecule has 0 bridgehead atoms. The monoisotopic (exact) mass is 532 g/mol. The van der Waals surface area contributed by atoms with Crippen molar-refractivity contribution in [2.75, 3.05) is 6.54 Å². The number of ketones is 1. The maximum Gasteiger partial charge on any atom is 0.289 e. The van der Waals surface area contributed by atoms with Crippen molar-refractivity contribution in [3.8, 4) is 0 Å². The zero-order valence-corrected chi connectivity index (χ0v) is 21.8. The molecule has 1 aromatic heterocycles. The van der Waals surface area contributed by atoms with E-state index in [2.05, 4.69) is 26.4 Å². The third-order valence-electron chi connectivity index (χ3n) is 5.88. The summed E-state index contributed by atoms with van der Waals surface area (Å²) in [4.78, 5) is 63.0. The standard InChI is InChI=1S/C28H32N6O5/c1-3-34-23(14-15-31-34)27(38)32-19(2)25(36)33-22(16-20-10-6-4-7-11-20)26(37)30-18-24(35)28(39)29-17-21-12-8-5-9-13-21/h4-15,19,22H,3,16-18H2,1-2H3,(H,29,39)(H,30,37)(H,32,38)(H,33,36)/t19-,22-/m0/s1. The van der Waals surface area contributed by atoms with Crippen molar-refractivity contribution in [1.29, 1.82) is 0 Å². The summed E-state index contributed by atoms with van der Waals surface area (Å²) < 4.78 is 1.50. The lowest BCUT2D eigenvalue weighted by molar-refractivity contribution is -0.138. The summed E-state index contributed by atoms with van der Waals surface area (Å²) in [5.41, 5.74) is 1.90. The number of benzene rings is 2. The van der Waals surface area contributed by atoms with E-state index >= 15 is 0 Å². The summed E-state index contributed by atoms with van der Waals surface area (Å²) in [6, 6.07) is 17.6. The Bertz CT molecular complexity index is 1290. The molecule has 0 radical (unpaired) electrons. The second kappa shape index (κ2) is 14.2. The van der Waals surface area contributed by atoms with Crippen molar-refractivity contribution in [1.82, 2.24) is 31.0 Å². The number of amides is 4. The molecule has 0 aliphatic heterocycles. The van der Waals surface area contributed by atoms with E-state index in [0.29, 0.717) is 12.2 Å². The zero-order chi connectivity index (χ0) is 28.2. The average molecular weight is 533 g/mol. The van der Waals surface area contributed by atoms with Crippen LogP contribution in [0, 0.1) is 0 Å². The molecule has 0 saturated heterocycles. The first-order chi connectivity index (χ1) is 18.8. The minimum Gasteiger partial charge on any atom is -0.347 e. The van der Waals surface area contributed by atoms with Crippen LogP contribution in [-0.4, -0.2) is 57.8 Å². The first kappa shape index (κ1) is 28.8. The maximum absolute atomic E-state index is 13.0. The number of aromatic nitrogens is 2. The molecule has 1 heterocycles. The van der Waals surface area contributed by atoms with E-state index in [4.69, 9.17) is 0 Å². The van der Waals surface area contributed by atoms with Crippen molar-refractivity contribution < 1.29 is 24.0 Å². The van der Waals surface area contributed by atoms with E-state index in [1.807, 2.05) is 43.3 Å². The fraction of sp³-hybridized carbons (Fsp3) is 0.286. The summed E-state index contributed by atoms with van der Waals surface area (Å²) in [5, 5.41) is 14.3. The quantitative estimate of drug-likeness (QED) is 0.239. The van der Waals surface area contributed by atoms with Gasteiger partial charge in [0.2, 0.25) is 17.6 Å². The fourth-order valence-corrected chi connectivity index (χ4v) is 3.72. The molecule has 0 saturated carbocycles. The smallest absolute Gasteiger partial charge is 0.289 e. The number of rotatable bonds is 13. The van der Waals surface area contributed by atoms with E-state index in [-0.39, 0.29) is 13.0 Å². The minimum absolute atomic E-state index is 0.135. The van der Waals surface area contributed by atoms with Crippen molar-refractivity contribution in [2.24, 2.45) is 0 Å². The summed E-state index contributed by atoms with van der Waals surface area (Å²) in [7, 11) is 0. The summed E-state index contributed by atoms with van der Waals surface area (Å²) >= 11 is 0. The Hall–Kier alpha value is -4.80. The molecule has 39 heavy (non-hydrogen) atoms. The van der Waals surface area contributed by atoms with Gasteiger partial charge in [-0.3, -0.25) is 28.7 Å². The third-order valence-corrected chi connectivity index (χ3v) is 5.88. The van der Waals surface area contributed by atoms with E-state index < -0.39 is 48.0 Å². The van der Waals surface area contributed by atoms with Gasteiger partial charge < -0.3 is 21.3 Å². The predicted molar refractivity (Wildman–Crippen MR) is 143 cm³/mol. The van der Waals surface area contributed by atoms with Gasteiger partial charge in [0.05, 0.1) is 6.54 Å². The van der Waals surface area contributed by atoms with Gasteiger partial charge in [-0.1, -0.05) is 60.7 Å². The first-order valence-corrected chi connectivity index (χ1v) is 12.6. The third kappa shape index (κ3) is 8.63. The topological polar surface area (TPSA) is 151 Å². The van der Waals surface area contributed by atoms with Crippen LogP contribution in [0.4, 0.5) is 0 Å². The van der Waals surface area contributed by atoms with Crippen LogP contribution >= 0.6 is 0 Å². The van der Waals surface area contributed by atoms with Crippen molar-refractivity contribution in [2.45, 2.75) is 45.4 Å². The molecule has 0 fully saturated rings. The number of Topliss-reactive ketones (excluding diaryl/α,β-unsaturated/α-hetero) is 1. The van der Waals surface area contributed by atoms with Crippen LogP contribution in [0.2, 0.25) is 0 Å². The Morgan fingerprint density at radius 3 is 2.10 bits per heavy atom. The summed E-state index contributed by atoms with van der Waals surface area (Å²) in [6.45, 7) is 3.46. The summed E-state index contributed by atoms with van der Waals surface area (Å²) in [5.74, 6) is -3.36. The Balaban J connectivity index is 1.59. The number of hydrogen-bond acceptors (Lipinski definition) is 6. The second-order valence-electron chi connectivity index (χ2n) is 8.79. The lowest BCUT2D eigenvalue weighted by Crippen LogP contribution is -2.54. The SMILES string of the molecule is CCn1nccc1C(=O)N[C@@H](C)C(=O)N[C@@H](Cc1ccccc1)C(=O)NCC(=O)C(=O)NCc1ccccc1. The van der Waals surface area contributed by atoms with Gasteiger partial charge in [-0.25, -0.2) is 0 Å². The molecule has 0 unspecified atom stereocenters. The maximum atomic E-state index is 13.0. The van der Waals surface area contributed by atoms with Gasteiger partial charge in [-0.15, -0.1) is 0 Å². The minimum atomic E-state index is -1.05. The predicted octanol–water partition coefficient (Wildman–Crippen LogP) is 0.751. The fourth-order valence-electron chi connectivity index (χ4n) is 3.72. The Labute approximate surface area is 226 Å². The summed E-state index contributed by atoms with van der Waals surface area (Å²) in [6.07, 6.45) is 1.63. The molecule has 3 rings (SSSR count). The highest BCUT2D eigenvalue weighted by Crippen LogP contribution is 2.05. The van der Waals surface area contributed by atoms with E-state index in [0.717, 1.165) is 11.1 Å². The first-order valence-electron chi connectivity index (χ1n) is 12.6. The highest BCUT2D eigenvalue weighted by Gasteiger charge is 2.26. The number of nitrogens with zero attached hydrogens (tertiary/aromatic N) is 2. The lowest BCUT2D eigenvalue weighted by Gasteiger charge is -2.21. The van der Waals surface area contributed by atoms with E-state index in [1.54, 1.807) is 30.3 Å². The molecule has 11 nitrogen and oxygen atoms in total. The van der Waals surface area contributed by atoms with E-state index in [1.165, 1.54) is 17.8 Å². The van der Waals surface area contributed by atoms with Gasteiger partial charge in [0.15, 0.2) is 0 Å². The highest BCUT2D eigenvalue weighted by atomic mass is 16.2. The molecule has 0 aliphatic carbocycles. The lowest BCUT2D eigenvalue weighted by atomic mass is 10.0. The van der Waals surface area contributed by atoms with Crippen LogP contribution in [0.15, 0.2) is 72.9 Å². The molecule has 204 valence electrons. The molecule has 4 amide bonds. The van der Waals surface area contributed by atoms with Gasteiger partial charge in [0, 0.05) is 25.7 Å². The molecule has 0 aliphatic rings. The van der Waals surface area contributed by atoms with Gasteiger partial charge in [-0.05, 0) is 31.0 Å². The molecule has 2 aromatic carbocycles. The van der Waals surface area contributed by atoms with Gasteiger partial charge in [0.1, 0.15) is 17.8 Å². The van der Waals surface area contributed by atoms with E-state index in [9.17, 15) is 24.0 Å². The number of carbonyl (C=O) groups is 5. The van der Waals surface area contributed by atoms with Crippen LogP contribution in [-0.2, 0) is 38.7 Å². The Morgan fingerprint density at radius 2 is 1.46 bits per heavy atom.